The fourth-order valence-corrected chi connectivity index (χ4v) is 2.29. The third-order valence-electron chi connectivity index (χ3n) is 1.57. The van der Waals surface area contributed by atoms with Crippen molar-refractivity contribution >= 4 is 44.6 Å². The molecule has 0 bridgehead atoms. The molecule has 0 fully saturated rings. The van der Waals surface area contributed by atoms with Crippen LogP contribution in [0.3, 0.4) is 0 Å². The van der Waals surface area contributed by atoms with E-state index in [1.54, 1.807) is 12.1 Å². The van der Waals surface area contributed by atoms with Gasteiger partial charge in [0.05, 0.1) is 10.0 Å². The zero-order valence-electron chi connectivity index (χ0n) is 5.84. The Hall–Kier alpha value is -0.440. The smallest absolute Gasteiger partial charge is 0.172 e. The summed E-state index contributed by atoms with van der Waals surface area (Å²) in [5, 5.41) is 11.3. The molecule has 62 valence electrons. The fourth-order valence-electron chi connectivity index (χ4n) is 1.04. The first-order chi connectivity index (χ1) is 5.68. The van der Waals surface area contributed by atoms with Crippen molar-refractivity contribution in [1.82, 2.24) is 0 Å². The van der Waals surface area contributed by atoms with Gasteiger partial charge in [0.15, 0.2) is 5.06 Å². The Morgan fingerprint density at radius 3 is 2.75 bits per heavy atom. The van der Waals surface area contributed by atoms with Crippen LogP contribution in [0.1, 0.15) is 0 Å². The van der Waals surface area contributed by atoms with Gasteiger partial charge in [0.2, 0.25) is 0 Å². The molecule has 1 N–H and O–H groups in total. The molecule has 0 radical (unpaired) electrons. The fraction of sp³-hybridized carbons (Fsp3) is 0. The van der Waals surface area contributed by atoms with Crippen LogP contribution in [0.4, 0.5) is 0 Å². The minimum Gasteiger partial charge on any atom is -0.499 e. The van der Waals surface area contributed by atoms with Gasteiger partial charge in [0.1, 0.15) is 0 Å². The van der Waals surface area contributed by atoms with Crippen LogP contribution in [0.25, 0.3) is 10.1 Å². The Labute approximate surface area is 83.2 Å². The molecule has 12 heavy (non-hydrogen) atoms. The standard InChI is InChI=1S/C8H4Cl2OS/c9-5-1-2-6-4(8(5)10)3-7(11)12-6/h1-3,11H. The quantitative estimate of drug-likeness (QED) is 0.711. The lowest BCUT2D eigenvalue weighted by molar-refractivity contribution is 0.491. The maximum absolute atomic E-state index is 9.19. The van der Waals surface area contributed by atoms with E-state index < -0.39 is 0 Å². The molecule has 0 saturated carbocycles. The maximum atomic E-state index is 9.19. The van der Waals surface area contributed by atoms with Crippen LogP contribution >= 0.6 is 34.5 Å². The van der Waals surface area contributed by atoms with Gasteiger partial charge in [0, 0.05) is 16.2 Å². The first-order valence-corrected chi connectivity index (χ1v) is 4.82. The minimum atomic E-state index is 0.258. The lowest BCUT2D eigenvalue weighted by Gasteiger charge is -1.94. The molecule has 4 heteroatoms. The summed E-state index contributed by atoms with van der Waals surface area (Å²) in [6.07, 6.45) is 0. The van der Waals surface area contributed by atoms with Crippen molar-refractivity contribution in [2.75, 3.05) is 0 Å². The summed E-state index contributed by atoms with van der Waals surface area (Å²) in [4.78, 5) is 0. The van der Waals surface area contributed by atoms with Gasteiger partial charge in [-0.2, -0.15) is 0 Å². The Bertz CT molecular complexity index is 436. The average molecular weight is 219 g/mol. The van der Waals surface area contributed by atoms with Gasteiger partial charge < -0.3 is 5.11 Å². The molecule has 1 nitrogen and oxygen atoms in total. The highest BCUT2D eigenvalue weighted by Crippen LogP contribution is 2.38. The van der Waals surface area contributed by atoms with Gasteiger partial charge in [-0.15, -0.1) is 0 Å². The van der Waals surface area contributed by atoms with Gasteiger partial charge in [0.25, 0.3) is 0 Å². The van der Waals surface area contributed by atoms with Crippen LogP contribution in [0.15, 0.2) is 18.2 Å². The van der Waals surface area contributed by atoms with Crippen LogP contribution in [0.2, 0.25) is 10.0 Å². The Kier molecular flexibility index (Phi) is 1.91. The SMILES string of the molecule is Oc1cc2c(Cl)c(Cl)ccc2s1. The molecule has 0 aliphatic carbocycles. The van der Waals surface area contributed by atoms with Crippen molar-refractivity contribution < 1.29 is 5.11 Å². The highest BCUT2D eigenvalue weighted by atomic mass is 35.5. The number of hydrogen-bond donors (Lipinski definition) is 1. The van der Waals surface area contributed by atoms with E-state index in [0.29, 0.717) is 10.0 Å². The summed E-state index contributed by atoms with van der Waals surface area (Å²) in [5.74, 6) is 0. The zero-order chi connectivity index (χ0) is 8.72. The van der Waals surface area contributed by atoms with E-state index in [1.165, 1.54) is 11.3 Å². The third-order valence-corrected chi connectivity index (χ3v) is 3.30. The molecule has 0 spiro atoms. The van der Waals surface area contributed by atoms with Crippen LogP contribution in [-0.4, -0.2) is 5.11 Å². The summed E-state index contributed by atoms with van der Waals surface area (Å²) in [6, 6.07) is 5.18. The monoisotopic (exact) mass is 218 g/mol. The highest BCUT2D eigenvalue weighted by Gasteiger charge is 2.06. The molecule has 1 aromatic heterocycles. The molecule has 0 unspecified atom stereocenters. The predicted octanol–water partition coefficient (Wildman–Crippen LogP) is 3.91. The third kappa shape index (κ3) is 1.16. The van der Waals surface area contributed by atoms with Crippen LogP contribution < -0.4 is 0 Å². The number of thiophene rings is 1. The molecule has 2 rings (SSSR count). The molecule has 2 aromatic rings. The molecule has 1 heterocycles. The second-order valence-electron chi connectivity index (χ2n) is 2.36. The van der Waals surface area contributed by atoms with E-state index in [9.17, 15) is 5.11 Å². The maximum Gasteiger partial charge on any atom is 0.172 e. The number of benzene rings is 1. The Balaban J connectivity index is 2.89. The molecule has 0 atom stereocenters. The highest BCUT2D eigenvalue weighted by molar-refractivity contribution is 7.20. The summed E-state index contributed by atoms with van der Waals surface area (Å²) in [5.41, 5.74) is 0. The lowest BCUT2D eigenvalue weighted by atomic mass is 10.3. The van der Waals surface area contributed by atoms with Crippen LogP contribution in [-0.2, 0) is 0 Å². The van der Waals surface area contributed by atoms with Crippen molar-refractivity contribution in [3.63, 3.8) is 0 Å². The first-order valence-electron chi connectivity index (χ1n) is 3.25. The number of halogens is 2. The molecule has 0 aliphatic rings. The normalized spacial score (nSPS) is 10.8. The lowest BCUT2D eigenvalue weighted by Crippen LogP contribution is -1.67. The first kappa shape index (κ1) is 8.17. The predicted molar refractivity (Wildman–Crippen MR) is 53.5 cm³/mol. The summed E-state index contributed by atoms with van der Waals surface area (Å²) < 4.78 is 0.946. The molecular weight excluding hydrogens is 215 g/mol. The van der Waals surface area contributed by atoms with Crippen molar-refractivity contribution in [2.24, 2.45) is 0 Å². The topological polar surface area (TPSA) is 20.2 Å². The average Bonchev–Trinajstić information content (AvgIpc) is 2.39. The second-order valence-corrected chi connectivity index (χ2v) is 4.21. The van der Waals surface area contributed by atoms with Crippen LogP contribution in [0, 0.1) is 0 Å². The van der Waals surface area contributed by atoms with Crippen molar-refractivity contribution in [1.29, 1.82) is 0 Å². The number of rotatable bonds is 0. The van der Waals surface area contributed by atoms with E-state index in [0.717, 1.165) is 10.1 Å². The molecule has 1 aromatic carbocycles. The van der Waals surface area contributed by atoms with Gasteiger partial charge in [-0.1, -0.05) is 34.5 Å². The van der Waals surface area contributed by atoms with Crippen molar-refractivity contribution in [2.45, 2.75) is 0 Å². The van der Waals surface area contributed by atoms with Crippen molar-refractivity contribution in [3.8, 4) is 5.06 Å². The van der Waals surface area contributed by atoms with E-state index >= 15 is 0 Å². The van der Waals surface area contributed by atoms with E-state index in [4.69, 9.17) is 23.2 Å². The van der Waals surface area contributed by atoms with Gasteiger partial charge >= 0.3 is 0 Å². The second kappa shape index (κ2) is 2.80. The number of fused-ring (bicyclic) bond motifs is 1. The summed E-state index contributed by atoms with van der Waals surface area (Å²) >= 11 is 13.0. The Morgan fingerprint density at radius 1 is 1.25 bits per heavy atom. The van der Waals surface area contributed by atoms with E-state index in [1.807, 2.05) is 6.07 Å². The molecule has 0 saturated heterocycles. The summed E-state index contributed by atoms with van der Waals surface area (Å²) in [6.45, 7) is 0. The molecule has 0 amide bonds. The largest absolute Gasteiger partial charge is 0.499 e. The van der Waals surface area contributed by atoms with Gasteiger partial charge in [-0.25, -0.2) is 0 Å². The number of hydrogen-bond acceptors (Lipinski definition) is 2. The molecular formula is C8H4Cl2OS. The minimum absolute atomic E-state index is 0.258. The summed E-state index contributed by atoms with van der Waals surface area (Å²) in [7, 11) is 0. The Morgan fingerprint density at radius 2 is 2.00 bits per heavy atom. The molecule has 0 aliphatic heterocycles. The van der Waals surface area contributed by atoms with E-state index in [-0.39, 0.29) is 5.06 Å². The van der Waals surface area contributed by atoms with Gasteiger partial charge in [-0.3, -0.25) is 0 Å². The van der Waals surface area contributed by atoms with Crippen LogP contribution in [0.5, 0.6) is 5.06 Å². The number of aromatic hydroxyl groups is 1. The van der Waals surface area contributed by atoms with Crippen molar-refractivity contribution in [3.05, 3.63) is 28.2 Å². The zero-order valence-corrected chi connectivity index (χ0v) is 8.17. The van der Waals surface area contributed by atoms with E-state index in [2.05, 4.69) is 0 Å². The van der Waals surface area contributed by atoms with Gasteiger partial charge in [-0.05, 0) is 12.1 Å².